The summed E-state index contributed by atoms with van der Waals surface area (Å²) in [5, 5.41) is 15.6. The number of benzene rings is 3. The highest BCUT2D eigenvalue weighted by Gasteiger charge is 2.17. The highest BCUT2D eigenvalue weighted by atomic mass is 127. The summed E-state index contributed by atoms with van der Waals surface area (Å²) < 4.78 is 12.8. The number of hydrazone groups is 1. The minimum atomic E-state index is -0.629. The molecule has 3 aromatic rings. The maximum atomic E-state index is 12.5. The fourth-order valence-electron chi connectivity index (χ4n) is 2.77. The predicted octanol–water partition coefficient (Wildman–Crippen LogP) is 5.81. The lowest BCUT2D eigenvalue weighted by Gasteiger charge is -2.12. The molecule has 1 N–H and O–H groups in total. The van der Waals surface area contributed by atoms with Crippen LogP contribution in [0.2, 0.25) is 5.02 Å². The van der Waals surface area contributed by atoms with Crippen LogP contribution in [0.5, 0.6) is 11.5 Å². The Hall–Kier alpha value is -2.45. The minimum Gasteiger partial charge on any atom is -0.496 e. The number of nitrogens with one attached hydrogen (secondary N) is 1. The molecule has 0 saturated carbocycles. The van der Waals surface area contributed by atoms with Gasteiger partial charge < -0.3 is 9.47 Å². The van der Waals surface area contributed by atoms with E-state index in [0.29, 0.717) is 11.6 Å². The van der Waals surface area contributed by atoms with Gasteiger partial charge in [0, 0.05) is 22.7 Å². The fourth-order valence-corrected chi connectivity index (χ4v) is 5.09. The van der Waals surface area contributed by atoms with Gasteiger partial charge in [0.05, 0.1) is 31.0 Å². The average Bonchev–Trinajstić information content (AvgIpc) is 2.79. The Morgan fingerprint density at radius 1 is 1.18 bits per heavy atom. The van der Waals surface area contributed by atoms with Crippen LogP contribution in [-0.2, 0) is 6.61 Å². The van der Waals surface area contributed by atoms with Gasteiger partial charge >= 0.3 is 0 Å². The number of nitro benzene ring substituents is 1. The number of carbonyl (C=O) groups excluding carboxylic acids is 1. The molecule has 0 bridgehead atoms. The lowest BCUT2D eigenvalue weighted by atomic mass is 10.1. The molecule has 0 aliphatic carbocycles. The molecule has 0 fully saturated rings. The first-order valence-corrected chi connectivity index (χ1v) is 11.8. The van der Waals surface area contributed by atoms with E-state index in [4.69, 9.17) is 21.1 Å². The predicted molar refractivity (Wildman–Crippen MR) is 142 cm³/mol. The van der Waals surface area contributed by atoms with Gasteiger partial charge in [-0.1, -0.05) is 29.8 Å². The van der Waals surface area contributed by atoms with Crippen molar-refractivity contribution in [3.63, 3.8) is 0 Å². The van der Waals surface area contributed by atoms with Gasteiger partial charge in [-0.05, 0) is 75.0 Å². The van der Waals surface area contributed by atoms with Crippen LogP contribution in [0, 0.1) is 17.3 Å². The van der Waals surface area contributed by atoms with E-state index in [1.807, 2.05) is 36.4 Å². The Bertz CT molecular complexity index is 1210. The number of non-ortho nitro benzene ring substituents is 1. The van der Waals surface area contributed by atoms with Crippen LogP contribution in [0.15, 0.2) is 59.7 Å². The molecule has 0 aromatic heterocycles. The summed E-state index contributed by atoms with van der Waals surface area (Å²) in [4.78, 5) is 22.9. The molecule has 0 spiro atoms. The third-order valence-electron chi connectivity index (χ3n) is 4.37. The van der Waals surface area contributed by atoms with E-state index in [1.165, 1.54) is 25.5 Å². The SMILES string of the molecule is COc1ccc([N+](=O)[O-])cc1C(=O)N/N=C\c1cc(I)c(OCc2ccccc2Cl)c(I)c1. The van der Waals surface area contributed by atoms with E-state index in [2.05, 4.69) is 55.7 Å². The summed E-state index contributed by atoms with van der Waals surface area (Å²) in [5.74, 6) is 0.298. The molecule has 0 atom stereocenters. The van der Waals surface area contributed by atoms with Crippen LogP contribution in [-0.4, -0.2) is 24.2 Å². The van der Waals surface area contributed by atoms with E-state index < -0.39 is 10.8 Å². The van der Waals surface area contributed by atoms with Crippen molar-refractivity contribution in [2.24, 2.45) is 5.10 Å². The van der Waals surface area contributed by atoms with E-state index in [-0.39, 0.29) is 17.0 Å². The molecule has 0 aliphatic rings. The van der Waals surface area contributed by atoms with Gasteiger partial charge in [0.1, 0.15) is 18.1 Å². The second kappa shape index (κ2) is 11.6. The van der Waals surface area contributed by atoms with E-state index in [0.717, 1.165) is 30.1 Å². The molecule has 3 rings (SSSR count). The van der Waals surface area contributed by atoms with Crippen LogP contribution in [0.4, 0.5) is 5.69 Å². The Labute approximate surface area is 221 Å². The molecule has 0 unspecified atom stereocenters. The third kappa shape index (κ3) is 6.54. The summed E-state index contributed by atoms with van der Waals surface area (Å²) in [7, 11) is 1.38. The number of halogens is 3. The van der Waals surface area contributed by atoms with Crippen molar-refractivity contribution in [2.45, 2.75) is 6.61 Å². The van der Waals surface area contributed by atoms with Crippen molar-refractivity contribution in [1.29, 1.82) is 0 Å². The van der Waals surface area contributed by atoms with Crippen molar-refractivity contribution < 1.29 is 19.2 Å². The topological polar surface area (TPSA) is 103 Å². The molecular formula is C22H16ClI2N3O5. The van der Waals surface area contributed by atoms with Crippen LogP contribution < -0.4 is 14.9 Å². The molecule has 8 nitrogen and oxygen atoms in total. The maximum absolute atomic E-state index is 12.5. The van der Waals surface area contributed by atoms with Crippen molar-refractivity contribution in [3.8, 4) is 11.5 Å². The quantitative estimate of drug-likeness (QED) is 0.139. The van der Waals surface area contributed by atoms with Gasteiger partial charge in [0.2, 0.25) is 0 Å². The normalized spacial score (nSPS) is 10.8. The zero-order valence-electron chi connectivity index (χ0n) is 17.1. The van der Waals surface area contributed by atoms with Gasteiger partial charge in [-0.25, -0.2) is 5.43 Å². The van der Waals surface area contributed by atoms with E-state index in [1.54, 1.807) is 0 Å². The molecule has 0 saturated heterocycles. The van der Waals surface area contributed by atoms with Gasteiger partial charge in [0.25, 0.3) is 11.6 Å². The maximum Gasteiger partial charge on any atom is 0.275 e. The van der Waals surface area contributed by atoms with Crippen molar-refractivity contribution >= 4 is 74.6 Å². The number of hydrogen-bond acceptors (Lipinski definition) is 6. The highest BCUT2D eigenvalue weighted by molar-refractivity contribution is 14.1. The summed E-state index contributed by atoms with van der Waals surface area (Å²) in [6.45, 7) is 0.334. The number of methoxy groups -OCH3 is 1. The van der Waals surface area contributed by atoms with Gasteiger partial charge in [0.15, 0.2) is 0 Å². The molecule has 33 heavy (non-hydrogen) atoms. The number of nitrogens with zero attached hydrogens (tertiary/aromatic N) is 2. The second-order valence-electron chi connectivity index (χ2n) is 6.53. The van der Waals surface area contributed by atoms with Gasteiger partial charge in [-0.2, -0.15) is 5.10 Å². The number of nitro groups is 1. The standard InChI is InChI=1S/C22H16ClI2N3O5/c1-32-20-7-6-15(28(30)31)10-16(20)22(29)27-26-11-13-8-18(24)21(19(25)9-13)33-12-14-4-2-3-5-17(14)23/h2-11H,12H2,1H3,(H,27,29)/b26-11-. The molecular weight excluding hydrogens is 676 g/mol. The smallest absolute Gasteiger partial charge is 0.275 e. The molecule has 11 heteroatoms. The Morgan fingerprint density at radius 2 is 1.88 bits per heavy atom. The number of carbonyl (C=O) groups is 1. The molecule has 1 amide bonds. The van der Waals surface area contributed by atoms with E-state index in [9.17, 15) is 14.9 Å². The monoisotopic (exact) mass is 691 g/mol. The molecule has 0 aliphatic heterocycles. The summed E-state index contributed by atoms with van der Waals surface area (Å²) in [6.07, 6.45) is 1.48. The molecule has 170 valence electrons. The average molecular weight is 692 g/mol. The lowest BCUT2D eigenvalue weighted by molar-refractivity contribution is -0.384. The van der Waals surface area contributed by atoms with E-state index >= 15 is 0 Å². The zero-order valence-corrected chi connectivity index (χ0v) is 22.1. The number of ether oxygens (including phenoxy) is 2. The number of hydrogen-bond donors (Lipinski definition) is 1. The Morgan fingerprint density at radius 3 is 2.52 bits per heavy atom. The first kappa shape index (κ1) is 25.2. The Kier molecular flexibility index (Phi) is 8.86. The largest absolute Gasteiger partial charge is 0.496 e. The second-order valence-corrected chi connectivity index (χ2v) is 9.27. The van der Waals surface area contributed by atoms with Crippen molar-refractivity contribution in [1.82, 2.24) is 5.43 Å². The third-order valence-corrected chi connectivity index (χ3v) is 6.34. The first-order valence-electron chi connectivity index (χ1n) is 9.31. The lowest BCUT2D eigenvalue weighted by Crippen LogP contribution is -2.18. The highest BCUT2D eigenvalue weighted by Crippen LogP contribution is 2.30. The van der Waals surface area contributed by atoms with Crippen LogP contribution in [0.25, 0.3) is 0 Å². The summed E-state index contributed by atoms with van der Waals surface area (Å²) in [5.41, 5.74) is 3.78. The van der Waals surface area contributed by atoms with Crippen LogP contribution >= 0.6 is 56.8 Å². The molecule has 0 radical (unpaired) electrons. The summed E-state index contributed by atoms with van der Waals surface area (Å²) >= 11 is 10.5. The summed E-state index contributed by atoms with van der Waals surface area (Å²) in [6, 6.07) is 15.0. The number of rotatable bonds is 8. The zero-order chi connectivity index (χ0) is 24.0. The Balaban J connectivity index is 1.71. The molecule has 3 aromatic carbocycles. The van der Waals surface area contributed by atoms with Gasteiger partial charge in [-0.15, -0.1) is 0 Å². The van der Waals surface area contributed by atoms with Crippen molar-refractivity contribution in [3.05, 3.63) is 93.6 Å². The number of amides is 1. The van der Waals surface area contributed by atoms with Crippen LogP contribution in [0.1, 0.15) is 21.5 Å². The van der Waals surface area contributed by atoms with Crippen molar-refractivity contribution in [2.75, 3.05) is 7.11 Å². The molecule has 0 heterocycles. The fraction of sp³-hybridized carbons (Fsp3) is 0.0909. The first-order chi connectivity index (χ1) is 15.8. The minimum absolute atomic E-state index is 0.0105. The van der Waals surface area contributed by atoms with Gasteiger partial charge in [-0.3, -0.25) is 14.9 Å². The van der Waals surface area contributed by atoms with Crippen LogP contribution in [0.3, 0.4) is 0 Å².